The minimum atomic E-state index is -0.187. The predicted molar refractivity (Wildman–Crippen MR) is 83.6 cm³/mol. The number of halogens is 1. The fourth-order valence-electron chi connectivity index (χ4n) is 2.70. The van der Waals surface area contributed by atoms with E-state index in [9.17, 15) is 0 Å². The topological polar surface area (TPSA) is 21.3 Å². The van der Waals surface area contributed by atoms with E-state index in [1.54, 1.807) is 0 Å². The second-order valence-corrected chi connectivity index (χ2v) is 6.19. The molecule has 0 aliphatic carbocycles. The van der Waals surface area contributed by atoms with Crippen molar-refractivity contribution < 1.29 is 4.74 Å². The van der Waals surface area contributed by atoms with Crippen LogP contribution in [0.3, 0.4) is 0 Å². The fraction of sp³-hybridized carbons (Fsp3) is 0.294. The van der Waals surface area contributed by atoms with Crippen LogP contribution in [0.5, 0.6) is 5.75 Å². The van der Waals surface area contributed by atoms with Gasteiger partial charge in [-0.1, -0.05) is 41.9 Å². The summed E-state index contributed by atoms with van der Waals surface area (Å²) in [6.45, 7) is 4.23. The van der Waals surface area contributed by atoms with Gasteiger partial charge in [-0.15, -0.1) is 0 Å². The third-order valence-electron chi connectivity index (χ3n) is 3.58. The highest BCUT2D eigenvalue weighted by Gasteiger charge is 2.33. The number of hydrogen-bond acceptors (Lipinski definition) is 2. The van der Waals surface area contributed by atoms with E-state index < -0.39 is 0 Å². The summed E-state index contributed by atoms with van der Waals surface area (Å²) in [5.74, 6) is 0.952. The highest BCUT2D eigenvalue weighted by molar-refractivity contribution is 6.33. The molecular weight excluding hydrogens is 270 g/mol. The van der Waals surface area contributed by atoms with E-state index in [0.717, 1.165) is 22.9 Å². The summed E-state index contributed by atoms with van der Waals surface area (Å²) in [6, 6.07) is 16.2. The zero-order valence-electron chi connectivity index (χ0n) is 11.7. The first-order valence-corrected chi connectivity index (χ1v) is 7.22. The van der Waals surface area contributed by atoms with Crippen LogP contribution >= 0.6 is 11.6 Å². The van der Waals surface area contributed by atoms with Crippen molar-refractivity contribution in [2.75, 3.05) is 5.32 Å². The molecule has 3 heteroatoms. The third kappa shape index (κ3) is 2.61. The lowest BCUT2D eigenvalue weighted by Crippen LogP contribution is -2.37. The van der Waals surface area contributed by atoms with Gasteiger partial charge in [-0.05, 0) is 32.0 Å². The van der Waals surface area contributed by atoms with Gasteiger partial charge in [0.05, 0.1) is 16.8 Å². The normalized spacial score (nSPS) is 19.9. The highest BCUT2D eigenvalue weighted by Crippen LogP contribution is 2.41. The predicted octanol–water partition coefficient (Wildman–Crippen LogP) is 5.05. The molecule has 1 aliphatic rings. The Morgan fingerprint density at radius 1 is 1.10 bits per heavy atom. The van der Waals surface area contributed by atoms with Crippen LogP contribution in [0.15, 0.2) is 48.5 Å². The molecule has 0 aromatic heterocycles. The number of anilines is 1. The molecule has 3 rings (SSSR count). The molecule has 2 aromatic carbocycles. The summed E-state index contributed by atoms with van der Waals surface area (Å²) < 4.78 is 6.04. The number of hydrogen-bond donors (Lipinski definition) is 1. The lowest BCUT2D eigenvalue weighted by molar-refractivity contribution is 0.0759. The molecule has 1 unspecified atom stereocenters. The van der Waals surface area contributed by atoms with E-state index in [1.807, 2.05) is 42.5 Å². The summed E-state index contributed by atoms with van der Waals surface area (Å²) in [7, 11) is 0. The number of benzene rings is 2. The van der Waals surface area contributed by atoms with Crippen molar-refractivity contribution in [2.24, 2.45) is 0 Å². The average Bonchev–Trinajstić information content (AvgIpc) is 2.40. The summed E-state index contributed by atoms with van der Waals surface area (Å²) >= 11 is 6.25. The molecule has 0 bridgehead atoms. The lowest BCUT2D eigenvalue weighted by Gasteiger charge is -2.38. The van der Waals surface area contributed by atoms with E-state index >= 15 is 0 Å². The Balaban J connectivity index is 1.95. The molecule has 20 heavy (non-hydrogen) atoms. The van der Waals surface area contributed by atoms with Crippen LogP contribution in [-0.2, 0) is 0 Å². The van der Waals surface area contributed by atoms with Crippen molar-refractivity contribution in [3.8, 4) is 5.75 Å². The largest absolute Gasteiger partial charge is 0.487 e. The van der Waals surface area contributed by atoms with Crippen LogP contribution in [0.2, 0.25) is 5.02 Å². The van der Waals surface area contributed by atoms with Gasteiger partial charge in [0.1, 0.15) is 11.4 Å². The minimum Gasteiger partial charge on any atom is -0.487 e. The first kappa shape index (κ1) is 13.3. The van der Waals surface area contributed by atoms with Crippen molar-refractivity contribution in [1.29, 1.82) is 0 Å². The van der Waals surface area contributed by atoms with Crippen molar-refractivity contribution in [1.82, 2.24) is 0 Å². The minimum absolute atomic E-state index is 0.187. The van der Waals surface area contributed by atoms with Crippen LogP contribution < -0.4 is 10.1 Å². The van der Waals surface area contributed by atoms with Crippen molar-refractivity contribution in [2.45, 2.75) is 31.9 Å². The third-order valence-corrected chi connectivity index (χ3v) is 3.91. The molecule has 1 heterocycles. The van der Waals surface area contributed by atoms with Crippen LogP contribution in [-0.4, -0.2) is 5.60 Å². The van der Waals surface area contributed by atoms with Crippen molar-refractivity contribution in [3.63, 3.8) is 0 Å². The number of para-hydroxylation sites is 2. The number of fused-ring (bicyclic) bond motifs is 1. The summed E-state index contributed by atoms with van der Waals surface area (Å²) in [6.07, 6.45) is 0.898. The molecule has 0 saturated carbocycles. The molecule has 1 aliphatic heterocycles. The van der Waals surface area contributed by atoms with Gasteiger partial charge >= 0.3 is 0 Å². The second-order valence-electron chi connectivity index (χ2n) is 5.78. The van der Waals surface area contributed by atoms with Gasteiger partial charge in [-0.2, -0.15) is 0 Å². The first-order valence-electron chi connectivity index (χ1n) is 6.84. The highest BCUT2D eigenvalue weighted by atomic mass is 35.5. The Kier molecular flexibility index (Phi) is 3.35. The molecular formula is C17H18ClNO. The van der Waals surface area contributed by atoms with Crippen LogP contribution in [0, 0.1) is 0 Å². The number of nitrogens with one attached hydrogen (secondary N) is 1. The SMILES string of the molecule is CC1(C)CC(Nc2ccccc2Cl)c2ccccc2O1. The van der Waals surface area contributed by atoms with Crippen molar-refractivity contribution >= 4 is 17.3 Å². The molecule has 104 valence electrons. The molecule has 2 nitrogen and oxygen atoms in total. The molecule has 0 fully saturated rings. The van der Waals surface area contributed by atoms with Crippen LogP contribution in [0.25, 0.3) is 0 Å². The van der Waals surface area contributed by atoms with E-state index in [0.29, 0.717) is 0 Å². The van der Waals surface area contributed by atoms with Gasteiger partial charge in [0.25, 0.3) is 0 Å². The maximum absolute atomic E-state index is 6.25. The monoisotopic (exact) mass is 287 g/mol. The standard InChI is InChI=1S/C17H18ClNO/c1-17(2)11-15(12-7-3-6-10-16(12)20-17)19-14-9-5-4-8-13(14)18/h3-10,15,19H,11H2,1-2H3. The Morgan fingerprint density at radius 2 is 1.80 bits per heavy atom. The maximum Gasteiger partial charge on any atom is 0.125 e. The molecule has 0 spiro atoms. The Labute approximate surface area is 124 Å². The zero-order valence-corrected chi connectivity index (χ0v) is 12.4. The van der Waals surface area contributed by atoms with Crippen LogP contribution in [0.4, 0.5) is 5.69 Å². The Bertz CT molecular complexity index is 624. The molecule has 1 N–H and O–H groups in total. The van der Waals surface area contributed by atoms with E-state index in [1.165, 1.54) is 5.56 Å². The van der Waals surface area contributed by atoms with E-state index in [-0.39, 0.29) is 11.6 Å². The molecule has 1 atom stereocenters. The smallest absolute Gasteiger partial charge is 0.125 e. The van der Waals surface area contributed by atoms with Gasteiger partial charge in [0.2, 0.25) is 0 Å². The summed E-state index contributed by atoms with van der Waals surface area (Å²) in [5.41, 5.74) is 1.96. The van der Waals surface area contributed by atoms with E-state index in [2.05, 4.69) is 25.2 Å². The molecule has 2 aromatic rings. The first-order chi connectivity index (χ1) is 9.55. The Hall–Kier alpha value is -1.67. The maximum atomic E-state index is 6.25. The van der Waals surface area contributed by atoms with Gasteiger partial charge in [0, 0.05) is 12.0 Å². The quantitative estimate of drug-likeness (QED) is 0.834. The van der Waals surface area contributed by atoms with Crippen molar-refractivity contribution in [3.05, 3.63) is 59.1 Å². The summed E-state index contributed by atoms with van der Waals surface area (Å²) in [4.78, 5) is 0. The van der Waals surface area contributed by atoms with Gasteiger partial charge in [0.15, 0.2) is 0 Å². The fourth-order valence-corrected chi connectivity index (χ4v) is 2.89. The van der Waals surface area contributed by atoms with E-state index in [4.69, 9.17) is 16.3 Å². The second kappa shape index (κ2) is 5.02. The number of ether oxygens (including phenoxy) is 1. The van der Waals surface area contributed by atoms with Crippen LogP contribution in [0.1, 0.15) is 31.9 Å². The van der Waals surface area contributed by atoms with Gasteiger partial charge in [-0.25, -0.2) is 0 Å². The van der Waals surface area contributed by atoms with Gasteiger partial charge < -0.3 is 10.1 Å². The summed E-state index contributed by atoms with van der Waals surface area (Å²) in [5, 5.41) is 4.29. The lowest BCUT2D eigenvalue weighted by atomic mass is 9.89. The molecule has 0 saturated heterocycles. The number of rotatable bonds is 2. The average molecular weight is 288 g/mol. The molecule has 0 amide bonds. The zero-order chi connectivity index (χ0) is 14.2. The van der Waals surface area contributed by atoms with Gasteiger partial charge in [-0.3, -0.25) is 0 Å². The molecule has 0 radical (unpaired) electrons. The Morgan fingerprint density at radius 3 is 2.60 bits per heavy atom.